The third kappa shape index (κ3) is 7.35. The summed E-state index contributed by atoms with van der Waals surface area (Å²) in [7, 11) is 0. The van der Waals surface area contributed by atoms with Gasteiger partial charge in [-0.2, -0.15) is 0 Å². The van der Waals surface area contributed by atoms with Crippen molar-refractivity contribution in [3.05, 3.63) is 255 Å². The number of benzene rings is 10. The molecule has 0 amide bonds. The van der Waals surface area contributed by atoms with Gasteiger partial charge in [-0.25, -0.2) is 0 Å². The predicted octanol–water partition coefficient (Wildman–Crippen LogP) is 16.4. The quantitative estimate of drug-likeness (QED) is 0.137. The Kier molecular flexibility index (Phi) is 10.0. The number of para-hydroxylation sites is 2. The van der Waals surface area contributed by atoms with Gasteiger partial charge in [-0.05, 0) is 117 Å². The van der Waals surface area contributed by atoms with Crippen molar-refractivity contribution >= 4 is 44.9 Å². The van der Waals surface area contributed by atoms with E-state index in [1.54, 1.807) is 0 Å². The molecule has 0 atom stereocenters. The highest BCUT2D eigenvalue weighted by Crippen LogP contribution is 2.48. The normalized spacial score (nSPS) is 11.0. The molecule has 0 unspecified atom stereocenters. The van der Waals surface area contributed by atoms with Crippen molar-refractivity contribution in [1.29, 1.82) is 0 Å². The zero-order chi connectivity index (χ0) is 40.1. The van der Waals surface area contributed by atoms with E-state index in [0.29, 0.717) is 0 Å². The first-order valence-corrected chi connectivity index (χ1v) is 20.5. The molecule has 284 valence electrons. The van der Waals surface area contributed by atoms with E-state index in [9.17, 15) is 0 Å². The Bertz CT molecular complexity index is 3000. The summed E-state index contributed by atoms with van der Waals surface area (Å²) in [6.45, 7) is 0. The molecule has 10 aromatic rings. The Balaban J connectivity index is 1.29. The van der Waals surface area contributed by atoms with Gasteiger partial charge in [0, 0.05) is 33.7 Å². The second-order valence-electron chi connectivity index (χ2n) is 15.0. The minimum Gasteiger partial charge on any atom is -0.310 e. The van der Waals surface area contributed by atoms with Crippen LogP contribution in [-0.2, 0) is 0 Å². The number of hydrogen-bond donors (Lipinski definition) is 0. The standard InChI is InChI=1S/C58H42N2/c1-7-21-43(22-8-1)47-29-19-35-53(38-47)59(51-31-15-5-16-32-51)57-41-49(45-25-11-3-12-26-45)37-50-40-55(46-27-13-4-14-28-46)58(42-56(50)57)60(52-33-17-6-18-34-52)54-36-20-30-48(39-54)44-23-9-2-10-24-44/h1-42H. The third-order valence-corrected chi connectivity index (χ3v) is 11.2. The average Bonchev–Trinajstić information content (AvgIpc) is 3.33. The van der Waals surface area contributed by atoms with Gasteiger partial charge in [-0.3, -0.25) is 0 Å². The number of hydrogen-bond acceptors (Lipinski definition) is 2. The first-order valence-electron chi connectivity index (χ1n) is 20.5. The second-order valence-corrected chi connectivity index (χ2v) is 15.0. The molecule has 0 aliphatic heterocycles. The van der Waals surface area contributed by atoms with Gasteiger partial charge in [0.2, 0.25) is 0 Å². The lowest BCUT2D eigenvalue weighted by atomic mass is 9.93. The van der Waals surface area contributed by atoms with Crippen LogP contribution in [0.3, 0.4) is 0 Å². The van der Waals surface area contributed by atoms with Crippen LogP contribution < -0.4 is 9.80 Å². The molecule has 0 saturated heterocycles. The lowest BCUT2D eigenvalue weighted by molar-refractivity contribution is 1.28. The summed E-state index contributed by atoms with van der Waals surface area (Å²) in [6, 6.07) is 91.7. The maximum Gasteiger partial charge on any atom is 0.0547 e. The molecule has 60 heavy (non-hydrogen) atoms. The summed E-state index contributed by atoms with van der Waals surface area (Å²) in [6.07, 6.45) is 0. The third-order valence-electron chi connectivity index (χ3n) is 11.2. The predicted molar refractivity (Wildman–Crippen MR) is 255 cm³/mol. The van der Waals surface area contributed by atoms with Gasteiger partial charge in [0.25, 0.3) is 0 Å². The Morgan fingerprint density at radius 3 is 1.05 bits per heavy atom. The van der Waals surface area contributed by atoms with Crippen LogP contribution in [0.2, 0.25) is 0 Å². The van der Waals surface area contributed by atoms with Crippen LogP contribution in [0.4, 0.5) is 34.1 Å². The molecule has 0 N–H and O–H groups in total. The highest BCUT2D eigenvalue weighted by molar-refractivity contribution is 6.08. The van der Waals surface area contributed by atoms with E-state index in [1.165, 1.54) is 16.7 Å². The van der Waals surface area contributed by atoms with Crippen LogP contribution >= 0.6 is 0 Å². The summed E-state index contributed by atoms with van der Waals surface area (Å²) in [5.74, 6) is 0. The van der Waals surface area contributed by atoms with E-state index in [4.69, 9.17) is 0 Å². The van der Waals surface area contributed by atoms with Crippen molar-refractivity contribution in [2.75, 3.05) is 9.80 Å². The topological polar surface area (TPSA) is 6.48 Å². The molecular formula is C58H42N2. The fourth-order valence-electron chi connectivity index (χ4n) is 8.32. The van der Waals surface area contributed by atoms with E-state index >= 15 is 0 Å². The summed E-state index contributed by atoms with van der Waals surface area (Å²) >= 11 is 0. The van der Waals surface area contributed by atoms with Crippen LogP contribution in [0.25, 0.3) is 55.3 Å². The van der Waals surface area contributed by atoms with Crippen LogP contribution in [0.5, 0.6) is 0 Å². The maximum absolute atomic E-state index is 2.43. The summed E-state index contributed by atoms with van der Waals surface area (Å²) < 4.78 is 0. The molecule has 0 aliphatic rings. The van der Waals surface area contributed by atoms with Crippen molar-refractivity contribution in [3.63, 3.8) is 0 Å². The number of anilines is 6. The Morgan fingerprint density at radius 1 is 0.217 bits per heavy atom. The molecule has 0 saturated carbocycles. The molecule has 0 radical (unpaired) electrons. The lowest BCUT2D eigenvalue weighted by Gasteiger charge is -2.31. The van der Waals surface area contributed by atoms with Crippen molar-refractivity contribution in [2.45, 2.75) is 0 Å². The molecule has 0 aromatic heterocycles. The summed E-state index contributed by atoms with van der Waals surface area (Å²) in [5.41, 5.74) is 15.8. The zero-order valence-electron chi connectivity index (χ0n) is 33.1. The van der Waals surface area contributed by atoms with E-state index in [2.05, 4.69) is 265 Å². The number of nitrogens with zero attached hydrogens (tertiary/aromatic N) is 2. The fourth-order valence-corrected chi connectivity index (χ4v) is 8.32. The minimum absolute atomic E-state index is 1.08. The smallest absolute Gasteiger partial charge is 0.0547 e. The molecule has 10 rings (SSSR count). The van der Waals surface area contributed by atoms with Crippen LogP contribution in [-0.4, -0.2) is 0 Å². The summed E-state index contributed by atoms with van der Waals surface area (Å²) in [5, 5.41) is 2.29. The summed E-state index contributed by atoms with van der Waals surface area (Å²) in [4.78, 5) is 4.85. The molecule has 0 fully saturated rings. The highest BCUT2D eigenvalue weighted by atomic mass is 15.2. The fraction of sp³-hybridized carbons (Fsp3) is 0. The molecule has 0 bridgehead atoms. The SMILES string of the molecule is c1ccc(-c2cccc(N(c3ccccc3)c3cc4c(N(c5ccccc5)c5cccc(-c6ccccc6)c5)cc(-c5ccccc5)cc4cc3-c3ccccc3)c2)cc1. The zero-order valence-corrected chi connectivity index (χ0v) is 33.1. The first-order chi connectivity index (χ1) is 29.8. The Labute approximate surface area is 352 Å². The number of rotatable bonds is 10. The van der Waals surface area contributed by atoms with E-state index in [1.807, 2.05) is 0 Å². The molecule has 2 nitrogen and oxygen atoms in total. The van der Waals surface area contributed by atoms with Crippen molar-refractivity contribution in [3.8, 4) is 44.5 Å². The Hall–Kier alpha value is -7.94. The van der Waals surface area contributed by atoms with Crippen molar-refractivity contribution in [2.24, 2.45) is 0 Å². The van der Waals surface area contributed by atoms with Gasteiger partial charge in [0.05, 0.1) is 11.4 Å². The monoisotopic (exact) mass is 766 g/mol. The van der Waals surface area contributed by atoms with Crippen LogP contribution in [0, 0.1) is 0 Å². The first kappa shape index (κ1) is 36.4. The van der Waals surface area contributed by atoms with Gasteiger partial charge >= 0.3 is 0 Å². The molecule has 0 heterocycles. The average molecular weight is 767 g/mol. The van der Waals surface area contributed by atoms with E-state index < -0.39 is 0 Å². The lowest BCUT2D eigenvalue weighted by Crippen LogP contribution is -2.13. The Morgan fingerprint density at radius 2 is 0.583 bits per heavy atom. The van der Waals surface area contributed by atoms with Crippen LogP contribution in [0.15, 0.2) is 255 Å². The van der Waals surface area contributed by atoms with Crippen molar-refractivity contribution in [1.82, 2.24) is 0 Å². The van der Waals surface area contributed by atoms with E-state index in [0.717, 1.165) is 72.7 Å². The molecule has 2 heteroatoms. The highest BCUT2D eigenvalue weighted by Gasteiger charge is 2.23. The van der Waals surface area contributed by atoms with Gasteiger partial charge in [0.1, 0.15) is 0 Å². The molecule has 0 aliphatic carbocycles. The van der Waals surface area contributed by atoms with Gasteiger partial charge in [0.15, 0.2) is 0 Å². The molecule has 0 spiro atoms. The van der Waals surface area contributed by atoms with Gasteiger partial charge in [-0.1, -0.05) is 182 Å². The van der Waals surface area contributed by atoms with Gasteiger partial charge < -0.3 is 9.80 Å². The minimum atomic E-state index is 1.08. The second kappa shape index (κ2) is 16.5. The number of fused-ring (bicyclic) bond motifs is 1. The maximum atomic E-state index is 2.43. The molecule has 10 aromatic carbocycles. The molecular weight excluding hydrogens is 725 g/mol. The van der Waals surface area contributed by atoms with Crippen molar-refractivity contribution < 1.29 is 0 Å². The van der Waals surface area contributed by atoms with Gasteiger partial charge in [-0.15, -0.1) is 0 Å². The van der Waals surface area contributed by atoms with Crippen LogP contribution in [0.1, 0.15) is 0 Å². The largest absolute Gasteiger partial charge is 0.310 e. The van der Waals surface area contributed by atoms with E-state index in [-0.39, 0.29) is 0 Å².